The number of nitrogens with zero attached hydrogens (tertiary/aromatic N) is 1. The zero-order chi connectivity index (χ0) is 16.0. The number of amides is 2. The molecule has 1 rings (SSSR count). The SMILES string of the molecule is COCC(NC(=O)N(C)c1ccccc1C(=O)O)C(C)C. The van der Waals surface area contributed by atoms with Gasteiger partial charge in [-0.25, -0.2) is 9.59 Å². The highest BCUT2D eigenvalue weighted by Crippen LogP contribution is 2.19. The third-order valence-corrected chi connectivity index (χ3v) is 3.26. The summed E-state index contributed by atoms with van der Waals surface area (Å²) in [5, 5.41) is 12.0. The Balaban J connectivity index is 2.90. The third-order valence-electron chi connectivity index (χ3n) is 3.26. The van der Waals surface area contributed by atoms with Crippen LogP contribution >= 0.6 is 0 Å². The second kappa shape index (κ2) is 7.64. The number of aromatic carboxylic acids is 1. The van der Waals surface area contributed by atoms with Crippen LogP contribution in [0.1, 0.15) is 24.2 Å². The molecule has 6 heteroatoms. The van der Waals surface area contributed by atoms with E-state index in [0.29, 0.717) is 12.3 Å². The van der Waals surface area contributed by atoms with E-state index in [1.54, 1.807) is 32.4 Å². The van der Waals surface area contributed by atoms with E-state index in [9.17, 15) is 14.7 Å². The van der Waals surface area contributed by atoms with Crippen molar-refractivity contribution in [1.29, 1.82) is 0 Å². The highest BCUT2D eigenvalue weighted by molar-refractivity contribution is 6.01. The number of hydrogen-bond acceptors (Lipinski definition) is 3. The molecule has 0 fully saturated rings. The van der Waals surface area contributed by atoms with Gasteiger partial charge in [0.15, 0.2) is 0 Å². The molecule has 0 aliphatic rings. The molecule has 21 heavy (non-hydrogen) atoms. The number of carboxylic acid groups (broad SMARTS) is 1. The third kappa shape index (κ3) is 4.46. The fourth-order valence-electron chi connectivity index (χ4n) is 1.89. The van der Waals surface area contributed by atoms with E-state index >= 15 is 0 Å². The molecule has 1 aromatic carbocycles. The molecular formula is C15H22N2O4. The van der Waals surface area contributed by atoms with Crippen LogP contribution in [0.3, 0.4) is 0 Å². The van der Waals surface area contributed by atoms with Gasteiger partial charge in [0.2, 0.25) is 0 Å². The summed E-state index contributed by atoms with van der Waals surface area (Å²) in [7, 11) is 3.12. The molecule has 0 saturated heterocycles. The maximum atomic E-state index is 12.3. The van der Waals surface area contributed by atoms with Crippen LogP contribution in [0.15, 0.2) is 24.3 Å². The molecule has 0 aliphatic carbocycles. The minimum Gasteiger partial charge on any atom is -0.478 e. The smallest absolute Gasteiger partial charge is 0.337 e. The van der Waals surface area contributed by atoms with Crippen LogP contribution in [0.2, 0.25) is 0 Å². The lowest BCUT2D eigenvalue weighted by Gasteiger charge is -2.26. The van der Waals surface area contributed by atoms with Crippen molar-refractivity contribution in [3.05, 3.63) is 29.8 Å². The monoisotopic (exact) mass is 294 g/mol. The van der Waals surface area contributed by atoms with Gasteiger partial charge in [0, 0.05) is 14.2 Å². The molecule has 2 N–H and O–H groups in total. The number of ether oxygens (including phenoxy) is 1. The van der Waals surface area contributed by atoms with Gasteiger partial charge >= 0.3 is 12.0 Å². The van der Waals surface area contributed by atoms with E-state index in [1.165, 1.54) is 11.0 Å². The normalized spacial score (nSPS) is 12.0. The Morgan fingerprint density at radius 1 is 1.33 bits per heavy atom. The molecule has 0 aromatic heterocycles. The molecule has 6 nitrogen and oxygen atoms in total. The molecule has 0 aliphatic heterocycles. The average Bonchev–Trinajstić information content (AvgIpc) is 2.45. The van der Waals surface area contributed by atoms with Crippen LogP contribution in [-0.4, -0.2) is 43.9 Å². The molecule has 0 bridgehead atoms. The number of carboxylic acids is 1. The van der Waals surface area contributed by atoms with Crippen molar-refractivity contribution in [2.45, 2.75) is 19.9 Å². The Labute approximate surface area is 124 Å². The Hall–Kier alpha value is -2.08. The topological polar surface area (TPSA) is 78.9 Å². The van der Waals surface area contributed by atoms with E-state index in [1.807, 2.05) is 13.8 Å². The van der Waals surface area contributed by atoms with E-state index in [2.05, 4.69) is 5.32 Å². The van der Waals surface area contributed by atoms with Gasteiger partial charge in [-0.05, 0) is 18.1 Å². The minimum absolute atomic E-state index is 0.0861. The zero-order valence-electron chi connectivity index (χ0n) is 12.8. The van der Waals surface area contributed by atoms with Crippen LogP contribution in [0, 0.1) is 5.92 Å². The van der Waals surface area contributed by atoms with Gasteiger partial charge in [-0.1, -0.05) is 26.0 Å². The summed E-state index contributed by atoms with van der Waals surface area (Å²) in [6.07, 6.45) is 0. The summed E-state index contributed by atoms with van der Waals surface area (Å²) in [6.45, 7) is 4.36. The number of hydrogen-bond donors (Lipinski definition) is 2. The molecule has 0 heterocycles. The summed E-state index contributed by atoms with van der Waals surface area (Å²) >= 11 is 0. The second-order valence-electron chi connectivity index (χ2n) is 5.14. The summed E-state index contributed by atoms with van der Waals surface area (Å²) in [4.78, 5) is 24.8. The van der Waals surface area contributed by atoms with Crippen molar-refractivity contribution in [1.82, 2.24) is 5.32 Å². The molecule has 0 spiro atoms. The first-order chi connectivity index (χ1) is 9.88. The summed E-state index contributed by atoms with van der Waals surface area (Å²) in [5.74, 6) is -0.862. The summed E-state index contributed by atoms with van der Waals surface area (Å²) in [6, 6.07) is 5.89. The van der Waals surface area contributed by atoms with Gasteiger partial charge in [0.05, 0.1) is 23.9 Å². The highest BCUT2D eigenvalue weighted by atomic mass is 16.5. The lowest BCUT2D eigenvalue weighted by atomic mass is 10.1. The fraction of sp³-hybridized carbons (Fsp3) is 0.467. The molecule has 1 unspecified atom stereocenters. The number of nitrogens with one attached hydrogen (secondary N) is 1. The second-order valence-corrected chi connectivity index (χ2v) is 5.14. The number of rotatable bonds is 6. The maximum absolute atomic E-state index is 12.3. The predicted molar refractivity (Wildman–Crippen MR) is 80.8 cm³/mol. The zero-order valence-corrected chi connectivity index (χ0v) is 12.8. The fourth-order valence-corrected chi connectivity index (χ4v) is 1.89. The maximum Gasteiger partial charge on any atom is 0.337 e. The van der Waals surface area contributed by atoms with Crippen molar-refractivity contribution in [3.8, 4) is 0 Å². The molecular weight excluding hydrogens is 272 g/mol. The number of para-hydroxylation sites is 1. The molecule has 1 aromatic rings. The summed E-state index contributed by atoms with van der Waals surface area (Å²) in [5.41, 5.74) is 0.436. The van der Waals surface area contributed by atoms with Gasteiger partial charge in [-0.3, -0.25) is 4.90 Å². The number of urea groups is 1. The first-order valence-corrected chi connectivity index (χ1v) is 6.74. The number of anilines is 1. The van der Waals surface area contributed by atoms with E-state index in [0.717, 1.165) is 0 Å². The quantitative estimate of drug-likeness (QED) is 0.843. The van der Waals surface area contributed by atoms with Gasteiger partial charge in [-0.15, -0.1) is 0 Å². The Bertz CT molecular complexity index is 502. The first kappa shape index (κ1) is 17.0. The number of carbonyl (C=O) groups excluding carboxylic acids is 1. The van der Waals surface area contributed by atoms with Crippen molar-refractivity contribution < 1.29 is 19.4 Å². The van der Waals surface area contributed by atoms with Crippen molar-refractivity contribution >= 4 is 17.7 Å². The van der Waals surface area contributed by atoms with E-state index < -0.39 is 5.97 Å². The largest absolute Gasteiger partial charge is 0.478 e. The number of carbonyl (C=O) groups is 2. The summed E-state index contributed by atoms with van der Waals surface area (Å²) < 4.78 is 5.09. The van der Waals surface area contributed by atoms with Crippen LogP contribution in [0.4, 0.5) is 10.5 Å². The van der Waals surface area contributed by atoms with Crippen LogP contribution in [0.5, 0.6) is 0 Å². The molecule has 0 saturated carbocycles. The van der Waals surface area contributed by atoms with Crippen molar-refractivity contribution in [2.75, 3.05) is 25.7 Å². The average molecular weight is 294 g/mol. The minimum atomic E-state index is -1.07. The van der Waals surface area contributed by atoms with Gasteiger partial charge in [0.1, 0.15) is 0 Å². The van der Waals surface area contributed by atoms with Crippen LogP contribution < -0.4 is 10.2 Å². The predicted octanol–water partition coefficient (Wildman–Crippen LogP) is 2.20. The van der Waals surface area contributed by atoms with Crippen LogP contribution in [0.25, 0.3) is 0 Å². The Morgan fingerprint density at radius 3 is 2.48 bits per heavy atom. The molecule has 2 amide bonds. The molecule has 0 radical (unpaired) electrons. The number of methoxy groups -OCH3 is 1. The number of benzene rings is 1. The molecule has 1 atom stereocenters. The van der Waals surface area contributed by atoms with Gasteiger partial charge in [0.25, 0.3) is 0 Å². The highest BCUT2D eigenvalue weighted by Gasteiger charge is 2.21. The lowest BCUT2D eigenvalue weighted by Crippen LogP contribution is -2.47. The lowest BCUT2D eigenvalue weighted by molar-refractivity contribution is 0.0697. The van der Waals surface area contributed by atoms with E-state index in [4.69, 9.17) is 4.74 Å². The Morgan fingerprint density at radius 2 is 1.95 bits per heavy atom. The van der Waals surface area contributed by atoms with E-state index in [-0.39, 0.29) is 23.6 Å². The van der Waals surface area contributed by atoms with Crippen molar-refractivity contribution in [3.63, 3.8) is 0 Å². The van der Waals surface area contributed by atoms with Gasteiger partial charge < -0.3 is 15.2 Å². The van der Waals surface area contributed by atoms with Crippen LogP contribution in [-0.2, 0) is 4.74 Å². The first-order valence-electron chi connectivity index (χ1n) is 6.74. The van der Waals surface area contributed by atoms with Crippen molar-refractivity contribution in [2.24, 2.45) is 5.92 Å². The Kier molecular flexibility index (Phi) is 6.17. The standard InChI is InChI=1S/C15H22N2O4/c1-10(2)12(9-21-4)16-15(20)17(3)13-8-6-5-7-11(13)14(18)19/h5-8,10,12H,9H2,1-4H3,(H,16,20)(H,18,19). The molecule has 116 valence electrons. The van der Waals surface area contributed by atoms with Gasteiger partial charge in [-0.2, -0.15) is 0 Å².